The van der Waals surface area contributed by atoms with E-state index in [0.717, 1.165) is 6.42 Å². The molecule has 138 valence electrons. The van der Waals surface area contributed by atoms with Crippen molar-refractivity contribution >= 4 is 23.3 Å². The van der Waals surface area contributed by atoms with Gasteiger partial charge in [-0.2, -0.15) is 0 Å². The molecule has 7 heteroatoms. The largest absolute Gasteiger partial charge is 0.497 e. The van der Waals surface area contributed by atoms with Crippen LogP contribution in [0, 0.1) is 0 Å². The summed E-state index contributed by atoms with van der Waals surface area (Å²) in [5.74, 6) is 0.984. The molecular formula is C19H23N3O4. The number of hydrogen-bond acceptors (Lipinski definition) is 4. The lowest BCUT2D eigenvalue weighted by atomic mass is 10.2. The summed E-state index contributed by atoms with van der Waals surface area (Å²) in [6, 6.07) is 11.3. The van der Waals surface area contributed by atoms with Crippen molar-refractivity contribution in [1.82, 2.24) is 5.32 Å². The predicted molar refractivity (Wildman–Crippen MR) is 101 cm³/mol. The number of ether oxygens (including phenoxy) is 2. The number of urea groups is 1. The summed E-state index contributed by atoms with van der Waals surface area (Å²) < 4.78 is 10.4. The van der Waals surface area contributed by atoms with Crippen LogP contribution in [0.15, 0.2) is 42.5 Å². The van der Waals surface area contributed by atoms with Crippen LogP contribution >= 0.6 is 0 Å². The zero-order chi connectivity index (χ0) is 18.9. The van der Waals surface area contributed by atoms with Gasteiger partial charge in [-0.05, 0) is 42.8 Å². The fourth-order valence-corrected chi connectivity index (χ4v) is 2.23. The van der Waals surface area contributed by atoms with E-state index in [2.05, 4.69) is 16.0 Å². The number of benzene rings is 2. The minimum absolute atomic E-state index is 0.133. The lowest BCUT2D eigenvalue weighted by Gasteiger charge is -2.12. The maximum Gasteiger partial charge on any atom is 0.323 e. The third-order valence-corrected chi connectivity index (χ3v) is 3.60. The van der Waals surface area contributed by atoms with Gasteiger partial charge in [-0.3, -0.25) is 4.79 Å². The molecule has 0 atom stereocenters. The van der Waals surface area contributed by atoms with Gasteiger partial charge in [-0.1, -0.05) is 6.92 Å². The molecule has 3 amide bonds. The molecule has 0 fully saturated rings. The monoisotopic (exact) mass is 357 g/mol. The predicted octanol–water partition coefficient (Wildman–Crippen LogP) is 3.49. The highest BCUT2D eigenvalue weighted by atomic mass is 16.5. The highest BCUT2D eigenvalue weighted by Gasteiger charge is 2.10. The SMILES string of the molecule is CCCNC(=O)c1ccc(NC(=O)Nc2ccc(OC)cc2OC)cc1. The highest BCUT2D eigenvalue weighted by Crippen LogP contribution is 2.29. The summed E-state index contributed by atoms with van der Waals surface area (Å²) >= 11 is 0. The summed E-state index contributed by atoms with van der Waals surface area (Å²) in [5.41, 5.74) is 1.63. The molecule has 0 saturated heterocycles. The number of amides is 3. The van der Waals surface area contributed by atoms with E-state index in [0.29, 0.717) is 35.0 Å². The van der Waals surface area contributed by atoms with Crippen LogP contribution in [0.4, 0.5) is 16.2 Å². The molecule has 0 bridgehead atoms. The van der Waals surface area contributed by atoms with Crippen molar-refractivity contribution < 1.29 is 19.1 Å². The fourth-order valence-electron chi connectivity index (χ4n) is 2.23. The molecule has 0 aliphatic heterocycles. The van der Waals surface area contributed by atoms with E-state index in [9.17, 15) is 9.59 Å². The summed E-state index contributed by atoms with van der Waals surface area (Å²) in [5, 5.41) is 8.23. The Balaban J connectivity index is 1.98. The molecular weight excluding hydrogens is 334 g/mol. The molecule has 0 spiro atoms. The van der Waals surface area contributed by atoms with E-state index in [1.54, 1.807) is 49.6 Å². The molecule has 2 aromatic rings. The van der Waals surface area contributed by atoms with Crippen LogP contribution in [-0.4, -0.2) is 32.7 Å². The van der Waals surface area contributed by atoms with E-state index in [1.807, 2.05) is 6.92 Å². The molecule has 0 heterocycles. The number of carbonyl (C=O) groups excluding carboxylic acids is 2. The molecule has 7 nitrogen and oxygen atoms in total. The second-order valence-corrected chi connectivity index (χ2v) is 5.48. The van der Waals surface area contributed by atoms with Crippen molar-refractivity contribution in [3.63, 3.8) is 0 Å². The first-order valence-electron chi connectivity index (χ1n) is 8.25. The maximum absolute atomic E-state index is 12.2. The molecule has 3 N–H and O–H groups in total. The molecule has 26 heavy (non-hydrogen) atoms. The van der Waals surface area contributed by atoms with Gasteiger partial charge >= 0.3 is 6.03 Å². The lowest BCUT2D eigenvalue weighted by Crippen LogP contribution is -2.24. The van der Waals surface area contributed by atoms with E-state index < -0.39 is 6.03 Å². The number of methoxy groups -OCH3 is 2. The highest BCUT2D eigenvalue weighted by molar-refractivity contribution is 6.01. The Bertz CT molecular complexity index is 760. The summed E-state index contributed by atoms with van der Waals surface area (Å²) in [7, 11) is 3.07. The van der Waals surface area contributed by atoms with Gasteiger partial charge in [0.2, 0.25) is 0 Å². The van der Waals surface area contributed by atoms with Crippen molar-refractivity contribution in [2.45, 2.75) is 13.3 Å². The van der Waals surface area contributed by atoms with Gasteiger partial charge in [0.15, 0.2) is 0 Å². The summed E-state index contributed by atoms with van der Waals surface area (Å²) in [4.78, 5) is 24.0. The molecule has 0 aromatic heterocycles. The van der Waals surface area contributed by atoms with Crippen LogP contribution in [0.25, 0.3) is 0 Å². The van der Waals surface area contributed by atoms with E-state index in [1.165, 1.54) is 7.11 Å². The first-order chi connectivity index (χ1) is 12.6. The summed E-state index contributed by atoms with van der Waals surface area (Å²) in [6.45, 7) is 2.62. The summed E-state index contributed by atoms with van der Waals surface area (Å²) in [6.07, 6.45) is 0.875. The third-order valence-electron chi connectivity index (χ3n) is 3.60. The number of rotatable bonds is 7. The number of anilines is 2. The molecule has 0 saturated carbocycles. The van der Waals surface area contributed by atoms with Crippen LogP contribution < -0.4 is 25.4 Å². The Morgan fingerprint density at radius 3 is 2.31 bits per heavy atom. The minimum Gasteiger partial charge on any atom is -0.497 e. The molecule has 0 unspecified atom stereocenters. The van der Waals surface area contributed by atoms with Gasteiger partial charge < -0.3 is 25.4 Å². The normalized spacial score (nSPS) is 9.96. The molecule has 2 aromatic carbocycles. The van der Waals surface area contributed by atoms with Gasteiger partial charge in [-0.25, -0.2) is 4.79 Å². The quantitative estimate of drug-likeness (QED) is 0.708. The van der Waals surface area contributed by atoms with Gasteiger partial charge in [0.25, 0.3) is 5.91 Å². The van der Waals surface area contributed by atoms with Gasteiger partial charge in [0.05, 0.1) is 19.9 Å². The van der Waals surface area contributed by atoms with Crippen LogP contribution in [0.2, 0.25) is 0 Å². The topological polar surface area (TPSA) is 88.7 Å². The fraction of sp³-hybridized carbons (Fsp3) is 0.263. The van der Waals surface area contributed by atoms with Gasteiger partial charge in [0, 0.05) is 23.9 Å². The third kappa shape index (κ3) is 5.14. The Kier molecular flexibility index (Phi) is 6.84. The van der Waals surface area contributed by atoms with E-state index in [-0.39, 0.29) is 5.91 Å². The van der Waals surface area contributed by atoms with Crippen LogP contribution in [0.3, 0.4) is 0 Å². The number of nitrogens with one attached hydrogen (secondary N) is 3. The lowest BCUT2D eigenvalue weighted by molar-refractivity contribution is 0.0953. The van der Waals surface area contributed by atoms with Gasteiger partial charge in [-0.15, -0.1) is 0 Å². The Morgan fingerprint density at radius 2 is 1.69 bits per heavy atom. The smallest absolute Gasteiger partial charge is 0.323 e. The van der Waals surface area contributed by atoms with Crippen LogP contribution in [0.5, 0.6) is 11.5 Å². The average Bonchev–Trinajstić information content (AvgIpc) is 2.66. The van der Waals surface area contributed by atoms with Crippen molar-refractivity contribution in [2.75, 3.05) is 31.4 Å². The van der Waals surface area contributed by atoms with E-state index >= 15 is 0 Å². The molecule has 2 rings (SSSR count). The first kappa shape index (κ1) is 19.1. The first-order valence-corrected chi connectivity index (χ1v) is 8.25. The van der Waals surface area contributed by atoms with Gasteiger partial charge in [0.1, 0.15) is 11.5 Å². The molecule has 0 radical (unpaired) electrons. The zero-order valence-corrected chi connectivity index (χ0v) is 15.1. The zero-order valence-electron chi connectivity index (χ0n) is 15.1. The molecule has 0 aliphatic rings. The average molecular weight is 357 g/mol. The standard InChI is InChI=1S/C19H23N3O4/c1-4-11-20-18(23)13-5-7-14(8-6-13)21-19(24)22-16-10-9-15(25-2)12-17(16)26-3/h5-10,12H,4,11H2,1-3H3,(H,20,23)(H2,21,22,24). The van der Waals surface area contributed by atoms with Crippen LogP contribution in [0.1, 0.15) is 23.7 Å². The van der Waals surface area contributed by atoms with E-state index in [4.69, 9.17) is 9.47 Å². The minimum atomic E-state index is -0.420. The van der Waals surface area contributed by atoms with Crippen molar-refractivity contribution in [3.8, 4) is 11.5 Å². The molecule has 0 aliphatic carbocycles. The van der Waals surface area contributed by atoms with Crippen molar-refractivity contribution in [1.29, 1.82) is 0 Å². The number of carbonyl (C=O) groups is 2. The number of hydrogen-bond donors (Lipinski definition) is 3. The van der Waals surface area contributed by atoms with Crippen molar-refractivity contribution in [2.24, 2.45) is 0 Å². The second kappa shape index (κ2) is 9.31. The Labute approximate surface area is 152 Å². The Morgan fingerprint density at radius 1 is 0.962 bits per heavy atom. The Hall–Kier alpha value is -3.22. The van der Waals surface area contributed by atoms with Crippen molar-refractivity contribution in [3.05, 3.63) is 48.0 Å². The van der Waals surface area contributed by atoms with Crippen LogP contribution in [-0.2, 0) is 0 Å². The maximum atomic E-state index is 12.2. The second-order valence-electron chi connectivity index (χ2n) is 5.48.